The molecule has 0 radical (unpaired) electrons. The van der Waals surface area contributed by atoms with Crippen molar-refractivity contribution in [2.75, 3.05) is 7.11 Å². The maximum absolute atomic E-state index is 11.8. The first-order valence-corrected chi connectivity index (χ1v) is 8.53. The molecule has 0 aliphatic rings. The van der Waals surface area contributed by atoms with E-state index in [4.69, 9.17) is 9.72 Å². The Kier molecular flexibility index (Phi) is 5.98. The van der Waals surface area contributed by atoms with Crippen LogP contribution < -0.4 is 4.74 Å². The zero-order chi connectivity index (χ0) is 19.4. The van der Waals surface area contributed by atoms with E-state index in [1.165, 1.54) is 0 Å². The van der Waals surface area contributed by atoms with E-state index in [1.807, 2.05) is 56.7 Å². The molecule has 0 aliphatic carbocycles. The van der Waals surface area contributed by atoms with Crippen molar-refractivity contribution >= 4 is 22.4 Å². The van der Waals surface area contributed by atoms with Gasteiger partial charge in [-0.05, 0) is 57.0 Å². The van der Waals surface area contributed by atoms with Gasteiger partial charge >= 0.3 is 0 Å². The van der Waals surface area contributed by atoms with Crippen LogP contribution in [0, 0.1) is 0 Å². The zero-order valence-electron chi connectivity index (χ0n) is 16.4. The second-order valence-corrected chi connectivity index (χ2v) is 6.35. The van der Waals surface area contributed by atoms with Gasteiger partial charge in [-0.25, -0.2) is 4.98 Å². The van der Waals surface area contributed by atoms with E-state index >= 15 is 0 Å². The fourth-order valence-corrected chi connectivity index (χ4v) is 2.83. The third-order valence-electron chi connectivity index (χ3n) is 4.25. The predicted octanol–water partition coefficient (Wildman–Crippen LogP) is 5.27. The average molecular weight is 350 g/mol. The van der Waals surface area contributed by atoms with E-state index in [9.17, 15) is 4.79 Å². The lowest BCUT2D eigenvalue weighted by atomic mass is 10.1. The molecule has 4 nitrogen and oxygen atoms in total. The highest BCUT2D eigenvalue weighted by Crippen LogP contribution is 2.30. The number of carbonyl (C=O) groups is 1. The molecule has 0 fully saturated rings. The van der Waals surface area contributed by atoms with Crippen LogP contribution in [-0.2, 0) is 7.05 Å². The molecule has 2 rings (SSSR count). The smallest absolute Gasteiger partial charge is 0.160 e. The van der Waals surface area contributed by atoms with E-state index in [-0.39, 0.29) is 5.78 Å². The molecule has 1 heterocycles. The minimum atomic E-state index is -0.0106. The number of ether oxygens (including phenoxy) is 1. The number of ketones is 1. The maximum atomic E-state index is 11.8. The monoisotopic (exact) mass is 350 g/mol. The Morgan fingerprint density at radius 2 is 1.96 bits per heavy atom. The molecule has 4 heteroatoms. The molecule has 0 saturated carbocycles. The molecule has 0 atom stereocenters. The van der Waals surface area contributed by atoms with Gasteiger partial charge in [0.1, 0.15) is 17.1 Å². The van der Waals surface area contributed by atoms with E-state index < -0.39 is 0 Å². The minimum absolute atomic E-state index is 0.0106. The highest BCUT2D eigenvalue weighted by molar-refractivity contribution is 5.99. The molecule has 0 saturated heterocycles. The number of allylic oxidation sites excluding steroid dienone is 7. The van der Waals surface area contributed by atoms with Gasteiger partial charge in [0.25, 0.3) is 0 Å². The van der Waals surface area contributed by atoms with Crippen molar-refractivity contribution in [3.8, 4) is 5.75 Å². The summed E-state index contributed by atoms with van der Waals surface area (Å²) < 4.78 is 7.49. The Hall–Kier alpha value is -2.88. The van der Waals surface area contributed by atoms with Gasteiger partial charge in [0.2, 0.25) is 0 Å². The molecule has 0 N–H and O–H groups in total. The van der Waals surface area contributed by atoms with Crippen LogP contribution in [0.3, 0.4) is 0 Å². The second-order valence-electron chi connectivity index (χ2n) is 6.35. The molecular formula is C22H26N2O2. The largest absolute Gasteiger partial charge is 0.494 e. The Balaban J connectivity index is 2.66. The van der Waals surface area contributed by atoms with Gasteiger partial charge < -0.3 is 9.30 Å². The van der Waals surface area contributed by atoms with Crippen LogP contribution in [0.4, 0.5) is 0 Å². The number of fused-ring (bicyclic) bond motifs is 1. The molecule has 0 bridgehead atoms. The lowest BCUT2D eigenvalue weighted by Gasteiger charge is -2.08. The highest BCUT2D eigenvalue weighted by Gasteiger charge is 2.16. The van der Waals surface area contributed by atoms with Crippen LogP contribution in [-0.4, -0.2) is 22.4 Å². The maximum Gasteiger partial charge on any atom is 0.160 e. The van der Waals surface area contributed by atoms with Gasteiger partial charge in [-0.15, -0.1) is 0 Å². The first-order valence-electron chi connectivity index (χ1n) is 8.53. The number of imidazole rings is 1. The quantitative estimate of drug-likeness (QED) is 0.527. The summed E-state index contributed by atoms with van der Waals surface area (Å²) in [7, 11) is 3.56. The lowest BCUT2D eigenvalue weighted by molar-refractivity contribution is 0.101. The lowest BCUT2D eigenvalue weighted by Crippen LogP contribution is -1.98. The summed E-state index contributed by atoms with van der Waals surface area (Å²) >= 11 is 0. The van der Waals surface area contributed by atoms with Gasteiger partial charge in [-0.3, -0.25) is 4.79 Å². The number of methoxy groups -OCH3 is 1. The SMILES string of the molecule is C=C(C)C(=C\C=C/C)/C=C(\C)c1nc2cc(C(C)=O)cc(OC)c2n1C. The third kappa shape index (κ3) is 3.85. The van der Waals surface area contributed by atoms with Crippen molar-refractivity contribution in [1.29, 1.82) is 0 Å². The van der Waals surface area contributed by atoms with E-state index in [2.05, 4.69) is 12.7 Å². The van der Waals surface area contributed by atoms with Crippen LogP contribution in [0.2, 0.25) is 0 Å². The summed E-state index contributed by atoms with van der Waals surface area (Å²) in [6.07, 6.45) is 8.07. The molecule has 1 aromatic carbocycles. The van der Waals surface area contributed by atoms with E-state index in [0.29, 0.717) is 11.3 Å². The van der Waals surface area contributed by atoms with Crippen LogP contribution in [0.15, 0.2) is 54.2 Å². The first kappa shape index (κ1) is 19.4. The van der Waals surface area contributed by atoms with Crippen molar-refractivity contribution in [3.63, 3.8) is 0 Å². The Labute approximate surface area is 155 Å². The van der Waals surface area contributed by atoms with Crippen molar-refractivity contribution in [2.24, 2.45) is 7.05 Å². The Morgan fingerprint density at radius 3 is 2.50 bits per heavy atom. The second kappa shape index (κ2) is 8.00. The average Bonchev–Trinajstić information content (AvgIpc) is 2.94. The van der Waals surface area contributed by atoms with Gasteiger partial charge in [-0.2, -0.15) is 0 Å². The van der Waals surface area contributed by atoms with Crippen LogP contribution in [0.1, 0.15) is 43.9 Å². The summed E-state index contributed by atoms with van der Waals surface area (Å²) in [4.78, 5) is 16.5. The van der Waals surface area contributed by atoms with Gasteiger partial charge in [0, 0.05) is 12.6 Å². The van der Waals surface area contributed by atoms with Gasteiger partial charge in [0.15, 0.2) is 5.78 Å². The topological polar surface area (TPSA) is 44.1 Å². The summed E-state index contributed by atoms with van der Waals surface area (Å²) in [5.41, 5.74) is 5.25. The van der Waals surface area contributed by atoms with Crippen LogP contribution >= 0.6 is 0 Å². The molecule has 26 heavy (non-hydrogen) atoms. The molecular weight excluding hydrogens is 324 g/mol. The fourth-order valence-electron chi connectivity index (χ4n) is 2.83. The third-order valence-corrected chi connectivity index (χ3v) is 4.25. The zero-order valence-corrected chi connectivity index (χ0v) is 16.4. The Morgan fingerprint density at radius 1 is 1.27 bits per heavy atom. The van der Waals surface area contributed by atoms with Gasteiger partial charge in [0.05, 0.1) is 12.6 Å². The number of carbonyl (C=O) groups excluding carboxylic acids is 1. The number of rotatable bonds is 6. The molecule has 0 amide bonds. The predicted molar refractivity (Wildman–Crippen MR) is 109 cm³/mol. The fraction of sp³-hybridized carbons (Fsp3) is 0.273. The molecule has 1 aromatic heterocycles. The summed E-state index contributed by atoms with van der Waals surface area (Å²) in [6, 6.07) is 3.58. The molecule has 0 unspecified atom stereocenters. The number of hydrogen-bond acceptors (Lipinski definition) is 3. The number of aromatic nitrogens is 2. The van der Waals surface area contributed by atoms with E-state index in [0.717, 1.165) is 33.6 Å². The van der Waals surface area contributed by atoms with Crippen molar-refractivity contribution in [2.45, 2.75) is 27.7 Å². The number of aryl methyl sites for hydroxylation is 1. The van der Waals surface area contributed by atoms with Crippen LogP contribution in [0.5, 0.6) is 5.75 Å². The standard InChI is InChI=1S/C22H26N2O2/c1-8-9-10-17(14(2)3)11-15(4)22-23-19-12-18(16(5)25)13-20(26-7)21(19)24(22)6/h8-13H,2H2,1,3-7H3/b9-8-,15-11+,17-10-. The number of nitrogens with zero attached hydrogens (tertiary/aromatic N) is 2. The van der Waals surface area contributed by atoms with Crippen molar-refractivity contribution in [1.82, 2.24) is 9.55 Å². The summed E-state index contributed by atoms with van der Waals surface area (Å²) in [5, 5.41) is 0. The highest BCUT2D eigenvalue weighted by atomic mass is 16.5. The molecule has 0 aliphatic heterocycles. The Bertz CT molecular complexity index is 956. The van der Waals surface area contributed by atoms with Crippen molar-refractivity contribution in [3.05, 3.63) is 65.5 Å². The van der Waals surface area contributed by atoms with Crippen LogP contribution in [0.25, 0.3) is 16.6 Å². The normalized spacial score (nSPS) is 12.8. The first-order chi connectivity index (χ1) is 12.3. The number of hydrogen-bond donors (Lipinski definition) is 0. The van der Waals surface area contributed by atoms with Gasteiger partial charge in [-0.1, -0.05) is 30.4 Å². The molecule has 2 aromatic rings. The minimum Gasteiger partial charge on any atom is -0.494 e. The van der Waals surface area contributed by atoms with Crippen molar-refractivity contribution < 1.29 is 9.53 Å². The van der Waals surface area contributed by atoms with E-state index in [1.54, 1.807) is 20.1 Å². The summed E-state index contributed by atoms with van der Waals surface area (Å²) in [5.74, 6) is 1.46. The summed E-state index contributed by atoms with van der Waals surface area (Å²) in [6.45, 7) is 11.6. The number of benzene rings is 1. The molecule has 136 valence electrons. The molecule has 0 spiro atoms. The number of Topliss-reactive ketones (excluding diaryl/α,β-unsaturated/α-hetero) is 1.